The molecule has 2 N–H and O–H groups in total. The lowest BCUT2D eigenvalue weighted by atomic mass is 10.2. The predicted octanol–water partition coefficient (Wildman–Crippen LogP) is 3.30. The Balaban J connectivity index is 2.81. The molecule has 7 heteroatoms. The van der Waals surface area contributed by atoms with E-state index in [9.17, 15) is 17.6 Å². The summed E-state index contributed by atoms with van der Waals surface area (Å²) < 4.78 is 56.2. The summed E-state index contributed by atoms with van der Waals surface area (Å²) in [7, 11) is 0. The molecule has 2 nitrogen and oxygen atoms in total. The van der Waals surface area contributed by atoms with Crippen molar-refractivity contribution in [2.45, 2.75) is 18.5 Å². The number of alkyl halides is 4. The highest BCUT2D eigenvalue weighted by molar-refractivity contribution is 6.30. The second kappa shape index (κ2) is 5.10. The van der Waals surface area contributed by atoms with E-state index >= 15 is 0 Å². The van der Waals surface area contributed by atoms with Gasteiger partial charge in [0, 0.05) is 11.4 Å². The Morgan fingerprint density at radius 2 is 1.65 bits per heavy atom. The summed E-state index contributed by atoms with van der Waals surface area (Å²) in [6, 6.07) is 4.67. The Morgan fingerprint density at radius 1 is 1.12 bits per heavy atom. The Labute approximate surface area is 100 Å². The van der Waals surface area contributed by atoms with E-state index < -0.39 is 30.7 Å². The Bertz CT molecular complexity index is 369. The largest absolute Gasteiger partial charge is 0.464 e. The van der Waals surface area contributed by atoms with Crippen LogP contribution in [0.2, 0.25) is 5.02 Å². The highest BCUT2D eigenvalue weighted by atomic mass is 35.5. The van der Waals surface area contributed by atoms with Gasteiger partial charge in [0.2, 0.25) is 0 Å². The molecular formula is C10H10ClF4NO. The van der Waals surface area contributed by atoms with E-state index in [4.69, 9.17) is 17.3 Å². The second-order valence-corrected chi connectivity index (χ2v) is 3.75. The number of halogens is 5. The summed E-state index contributed by atoms with van der Waals surface area (Å²) in [5.41, 5.74) is 4.84. The average Bonchev–Trinajstić information content (AvgIpc) is 2.21. The lowest BCUT2D eigenvalue weighted by molar-refractivity contribution is -0.310. The fraction of sp³-hybridized carbons (Fsp3) is 0.400. The number of hydrogen-bond donors (Lipinski definition) is 1. The standard InChI is InChI=1S/C10H10ClF4NO/c11-7-1-3-8(4-2-7)17-10(14,15)9(12,13)5-6-16/h1-4H,5-6,16H2. The SMILES string of the molecule is NCCC(F)(F)C(F)(F)Oc1ccc(Cl)cc1. The van der Waals surface area contributed by atoms with Crippen molar-refractivity contribution >= 4 is 11.6 Å². The molecule has 0 saturated carbocycles. The van der Waals surface area contributed by atoms with E-state index in [0.717, 1.165) is 12.1 Å². The van der Waals surface area contributed by atoms with Crippen molar-refractivity contribution < 1.29 is 22.3 Å². The normalized spacial score (nSPS) is 12.6. The van der Waals surface area contributed by atoms with Crippen LogP contribution in [0.25, 0.3) is 0 Å². The van der Waals surface area contributed by atoms with Gasteiger partial charge < -0.3 is 10.5 Å². The zero-order valence-corrected chi connectivity index (χ0v) is 9.35. The van der Waals surface area contributed by atoms with Gasteiger partial charge in [0.15, 0.2) is 0 Å². The van der Waals surface area contributed by atoms with Gasteiger partial charge in [-0.1, -0.05) is 11.6 Å². The van der Waals surface area contributed by atoms with E-state index in [1.165, 1.54) is 12.1 Å². The Morgan fingerprint density at radius 3 is 2.12 bits per heavy atom. The van der Waals surface area contributed by atoms with Crippen LogP contribution in [0.15, 0.2) is 24.3 Å². The van der Waals surface area contributed by atoms with Crippen LogP contribution in [-0.4, -0.2) is 18.6 Å². The Kier molecular flexibility index (Phi) is 4.21. The lowest BCUT2D eigenvalue weighted by Crippen LogP contribution is -2.46. The molecule has 0 aromatic heterocycles. The molecule has 0 saturated heterocycles. The molecule has 0 aliphatic rings. The molecule has 0 spiro atoms. The molecule has 1 aromatic carbocycles. The number of benzene rings is 1. The van der Waals surface area contributed by atoms with Gasteiger partial charge in [-0.15, -0.1) is 0 Å². The highest BCUT2D eigenvalue weighted by Crippen LogP contribution is 2.38. The zero-order chi connectivity index (χ0) is 13.1. The molecule has 0 amide bonds. The van der Waals surface area contributed by atoms with Crippen LogP contribution in [0.5, 0.6) is 5.75 Å². The summed E-state index contributed by atoms with van der Waals surface area (Å²) in [6.45, 7) is -0.563. The van der Waals surface area contributed by atoms with Crippen LogP contribution in [-0.2, 0) is 0 Å². The minimum atomic E-state index is -4.61. The average molecular weight is 272 g/mol. The third-order valence-electron chi connectivity index (χ3n) is 1.94. The van der Waals surface area contributed by atoms with Gasteiger partial charge in [0.05, 0.1) is 0 Å². The molecule has 1 rings (SSSR count). The first-order valence-electron chi connectivity index (χ1n) is 4.69. The van der Waals surface area contributed by atoms with Crippen molar-refractivity contribution in [2.75, 3.05) is 6.54 Å². The lowest BCUT2D eigenvalue weighted by Gasteiger charge is -2.26. The molecule has 0 aliphatic heterocycles. The fourth-order valence-electron chi connectivity index (χ4n) is 1.05. The summed E-state index contributed by atoms with van der Waals surface area (Å²) in [5, 5.41) is 0.286. The molecule has 0 radical (unpaired) electrons. The van der Waals surface area contributed by atoms with E-state index in [0.29, 0.717) is 0 Å². The predicted molar refractivity (Wildman–Crippen MR) is 55.6 cm³/mol. The van der Waals surface area contributed by atoms with E-state index in [-0.39, 0.29) is 5.02 Å². The first-order chi connectivity index (χ1) is 7.78. The summed E-state index contributed by atoms with van der Waals surface area (Å²) in [4.78, 5) is 0. The maximum atomic E-state index is 13.1. The van der Waals surface area contributed by atoms with Crippen molar-refractivity contribution in [3.05, 3.63) is 29.3 Å². The maximum absolute atomic E-state index is 13.1. The van der Waals surface area contributed by atoms with E-state index in [1.54, 1.807) is 0 Å². The third-order valence-corrected chi connectivity index (χ3v) is 2.20. The maximum Gasteiger partial charge on any atom is 0.464 e. The first kappa shape index (κ1) is 14.1. The van der Waals surface area contributed by atoms with Gasteiger partial charge in [0.1, 0.15) is 5.75 Å². The molecule has 17 heavy (non-hydrogen) atoms. The van der Waals surface area contributed by atoms with Crippen LogP contribution in [0.1, 0.15) is 6.42 Å². The molecule has 1 aromatic rings. The van der Waals surface area contributed by atoms with Crippen LogP contribution in [0.3, 0.4) is 0 Å². The zero-order valence-electron chi connectivity index (χ0n) is 8.60. The van der Waals surface area contributed by atoms with Gasteiger partial charge in [-0.05, 0) is 30.8 Å². The smallest absolute Gasteiger partial charge is 0.428 e. The van der Waals surface area contributed by atoms with Crippen molar-refractivity contribution in [2.24, 2.45) is 5.73 Å². The minimum Gasteiger partial charge on any atom is -0.428 e. The van der Waals surface area contributed by atoms with Crippen molar-refractivity contribution in [1.29, 1.82) is 0 Å². The minimum absolute atomic E-state index is 0.286. The second-order valence-electron chi connectivity index (χ2n) is 3.32. The van der Waals surface area contributed by atoms with Crippen LogP contribution in [0, 0.1) is 0 Å². The molecule has 0 aliphatic carbocycles. The summed E-state index contributed by atoms with van der Waals surface area (Å²) in [5.74, 6) is -4.71. The van der Waals surface area contributed by atoms with Crippen molar-refractivity contribution in [1.82, 2.24) is 0 Å². The Hall–Kier alpha value is -1.01. The van der Waals surface area contributed by atoms with Crippen LogP contribution >= 0.6 is 11.6 Å². The first-order valence-corrected chi connectivity index (χ1v) is 5.06. The van der Waals surface area contributed by atoms with Gasteiger partial charge in [-0.3, -0.25) is 0 Å². The number of hydrogen-bond acceptors (Lipinski definition) is 2. The molecule has 0 bridgehead atoms. The van der Waals surface area contributed by atoms with Crippen LogP contribution in [0.4, 0.5) is 17.6 Å². The van der Waals surface area contributed by atoms with Gasteiger partial charge in [0.25, 0.3) is 0 Å². The number of rotatable bonds is 5. The van der Waals surface area contributed by atoms with Gasteiger partial charge in [-0.2, -0.15) is 17.6 Å². The fourth-order valence-corrected chi connectivity index (χ4v) is 1.18. The molecule has 0 unspecified atom stereocenters. The topological polar surface area (TPSA) is 35.2 Å². The summed E-state index contributed by atoms with van der Waals surface area (Å²) >= 11 is 5.51. The number of nitrogens with two attached hydrogens (primary N) is 1. The monoisotopic (exact) mass is 271 g/mol. The van der Waals surface area contributed by atoms with Gasteiger partial charge >= 0.3 is 12.0 Å². The van der Waals surface area contributed by atoms with Crippen LogP contribution < -0.4 is 10.5 Å². The molecule has 0 atom stereocenters. The van der Waals surface area contributed by atoms with E-state index in [2.05, 4.69) is 4.74 Å². The molecular weight excluding hydrogens is 262 g/mol. The molecule has 0 fully saturated rings. The summed E-state index contributed by atoms with van der Waals surface area (Å²) in [6.07, 6.45) is -5.77. The van der Waals surface area contributed by atoms with Crippen molar-refractivity contribution in [3.8, 4) is 5.75 Å². The van der Waals surface area contributed by atoms with Crippen molar-refractivity contribution in [3.63, 3.8) is 0 Å². The molecule has 96 valence electrons. The molecule has 0 heterocycles. The quantitative estimate of drug-likeness (QED) is 0.834. The third kappa shape index (κ3) is 3.47. The highest BCUT2D eigenvalue weighted by Gasteiger charge is 2.58. The van der Waals surface area contributed by atoms with E-state index in [1.807, 2.05) is 0 Å². The van der Waals surface area contributed by atoms with Gasteiger partial charge in [-0.25, -0.2) is 0 Å². The number of ether oxygens (including phenoxy) is 1.